The summed E-state index contributed by atoms with van der Waals surface area (Å²) in [7, 11) is 0. The van der Waals surface area contributed by atoms with Crippen molar-refractivity contribution in [1.82, 2.24) is 14.8 Å². The molecule has 2 N–H and O–H groups in total. The Hall–Kier alpha value is -3.89. The van der Waals surface area contributed by atoms with E-state index in [4.69, 9.17) is 4.74 Å². The van der Waals surface area contributed by atoms with Gasteiger partial charge in [-0.15, -0.1) is 0 Å². The quantitative estimate of drug-likeness (QED) is 0.594. The van der Waals surface area contributed by atoms with E-state index in [0.29, 0.717) is 17.3 Å². The smallest absolute Gasteiger partial charge is 0.435 e. The predicted octanol–water partition coefficient (Wildman–Crippen LogP) is 4.89. The van der Waals surface area contributed by atoms with Gasteiger partial charge in [0, 0.05) is 29.7 Å². The summed E-state index contributed by atoms with van der Waals surface area (Å²) in [5, 5.41) is 8.53. The second-order valence-corrected chi connectivity index (χ2v) is 7.69. The highest BCUT2D eigenvalue weighted by Crippen LogP contribution is 2.31. The van der Waals surface area contributed by atoms with E-state index in [0.717, 1.165) is 4.68 Å². The molecule has 2 amide bonds. The molecule has 0 unspecified atom stereocenters. The van der Waals surface area contributed by atoms with Gasteiger partial charge in [0.2, 0.25) is 0 Å². The summed E-state index contributed by atoms with van der Waals surface area (Å²) < 4.78 is 45.6. The number of aromatic nitrogens is 3. The lowest BCUT2D eigenvalue weighted by atomic mass is 10.2. The number of hydrogen-bond donors (Lipinski definition) is 2. The summed E-state index contributed by atoms with van der Waals surface area (Å²) in [4.78, 5) is 28.1. The predicted molar refractivity (Wildman–Crippen MR) is 111 cm³/mol. The van der Waals surface area contributed by atoms with Gasteiger partial charge in [-0.2, -0.15) is 18.3 Å². The molecule has 2 heterocycles. The highest BCUT2D eigenvalue weighted by atomic mass is 19.4. The van der Waals surface area contributed by atoms with Crippen molar-refractivity contribution in [2.75, 3.05) is 10.6 Å². The fourth-order valence-electron chi connectivity index (χ4n) is 2.61. The molecule has 168 valence electrons. The number of nitrogens with zero attached hydrogens (tertiary/aromatic N) is 3. The largest absolute Gasteiger partial charge is 0.444 e. The SMILES string of the molecule is CC(C)(C)OC(=O)Nc1cc(C(F)(F)F)nn1-c1ccc(NC(=O)c2ccncc2)cc1. The molecular formula is C21H20F3N5O3. The first kappa shape index (κ1) is 22.8. The van der Waals surface area contributed by atoms with Crippen molar-refractivity contribution in [2.45, 2.75) is 32.5 Å². The molecule has 2 aromatic heterocycles. The molecule has 11 heteroatoms. The molecule has 0 fully saturated rings. The fourth-order valence-corrected chi connectivity index (χ4v) is 2.61. The van der Waals surface area contributed by atoms with Gasteiger partial charge >= 0.3 is 12.3 Å². The molecule has 0 aliphatic heterocycles. The van der Waals surface area contributed by atoms with Gasteiger partial charge in [0.1, 0.15) is 11.4 Å². The Labute approximate surface area is 181 Å². The van der Waals surface area contributed by atoms with Gasteiger partial charge in [0.15, 0.2) is 5.69 Å². The molecule has 3 rings (SSSR count). The second kappa shape index (κ2) is 8.69. The summed E-state index contributed by atoms with van der Waals surface area (Å²) >= 11 is 0. The van der Waals surface area contributed by atoms with Crippen LogP contribution in [0.15, 0.2) is 54.9 Å². The maximum absolute atomic E-state index is 13.2. The number of amides is 2. The van der Waals surface area contributed by atoms with Crippen LogP contribution in [-0.4, -0.2) is 32.4 Å². The molecule has 0 spiro atoms. The van der Waals surface area contributed by atoms with Crippen LogP contribution in [0.25, 0.3) is 5.69 Å². The van der Waals surface area contributed by atoms with Crippen molar-refractivity contribution in [3.8, 4) is 5.69 Å². The highest BCUT2D eigenvalue weighted by molar-refractivity contribution is 6.04. The maximum Gasteiger partial charge on any atom is 0.435 e. The Morgan fingerprint density at radius 1 is 0.969 bits per heavy atom. The number of benzene rings is 1. The third-order valence-corrected chi connectivity index (χ3v) is 3.94. The van der Waals surface area contributed by atoms with Gasteiger partial charge in [-0.25, -0.2) is 9.48 Å². The first-order valence-electron chi connectivity index (χ1n) is 9.41. The summed E-state index contributed by atoms with van der Waals surface area (Å²) in [5.74, 6) is -0.592. The standard InChI is InChI=1S/C21H20F3N5O3/c1-20(2,3)32-19(31)27-17-12-16(21(22,23)24)28-29(17)15-6-4-14(5-7-15)26-18(30)13-8-10-25-11-9-13/h4-12H,1-3H3,(H,26,30)(H,27,31). The summed E-state index contributed by atoms with van der Waals surface area (Å²) in [6.45, 7) is 4.89. The van der Waals surface area contributed by atoms with E-state index in [1.165, 1.54) is 36.7 Å². The van der Waals surface area contributed by atoms with Gasteiger partial charge < -0.3 is 10.1 Å². The molecule has 0 aliphatic carbocycles. The molecule has 0 atom stereocenters. The minimum Gasteiger partial charge on any atom is -0.444 e. The van der Waals surface area contributed by atoms with E-state index in [1.54, 1.807) is 32.9 Å². The highest BCUT2D eigenvalue weighted by Gasteiger charge is 2.35. The average Bonchev–Trinajstić information content (AvgIpc) is 3.12. The Morgan fingerprint density at radius 2 is 1.59 bits per heavy atom. The van der Waals surface area contributed by atoms with Crippen LogP contribution in [0.3, 0.4) is 0 Å². The summed E-state index contributed by atoms with van der Waals surface area (Å²) in [6.07, 6.45) is -2.68. The number of carbonyl (C=O) groups excluding carboxylic acids is 2. The Morgan fingerprint density at radius 3 is 2.16 bits per heavy atom. The number of alkyl halides is 3. The van der Waals surface area contributed by atoms with E-state index >= 15 is 0 Å². The van der Waals surface area contributed by atoms with Crippen molar-refractivity contribution < 1.29 is 27.5 Å². The molecule has 0 radical (unpaired) electrons. The Balaban J connectivity index is 1.85. The minimum absolute atomic E-state index is 0.222. The van der Waals surface area contributed by atoms with Crippen molar-refractivity contribution in [3.63, 3.8) is 0 Å². The van der Waals surface area contributed by atoms with Crippen LogP contribution < -0.4 is 10.6 Å². The number of hydrogen-bond acceptors (Lipinski definition) is 5. The van der Waals surface area contributed by atoms with Gasteiger partial charge in [-0.05, 0) is 57.2 Å². The molecular weight excluding hydrogens is 427 g/mol. The normalized spacial score (nSPS) is 11.7. The monoisotopic (exact) mass is 447 g/mol. The number of halogens is 3. The average molecular weight is 447 g/mol. The number of ether oxygens (including phenoxy) is 1. The van der Waals surface area contributed by atoms with E-state index < -0.39 is 23.6 Å². The number of carbonyl (C=O) groups is 2. The van der Waals surface area contributed by atoms with Gasteiger partial charge in [0.05, 0.1) is 5.69 Å². The number of pyridine rings is 1. The van der Waals surface area contributed by atoms with Gasteiger partial charge in [0.25, 0.3) is 5.91 Å². The molecule has 32 heavy (non-hydrogen) atoms. The zero-order valence-corrected chi connectivity index (χ0v) is 17.4. The molecule has 3 aromatic rings. The molecule has 0 bridgehead atoms. The first-order valence-corrected chi connectivity index (χ1v) is 9.41. The molecule has 0 saturated heterocycles. The third-order valence-electron chi connectivity index (χ3n) is 3.94. The molecule has 1 aromatic carbocycles. The fraction of sp³-hybridized carbons (Fsp3) is 0.238. The van der Waals surface area contributed by atoms with Crippen LogP contribution in [0.4, 0.5) is 29.5 Å². The minimum atomic E-state index is -4.71. The van der Waals surface area contributed by atoms with E-state index in [9.17, 15) is 22.8 Å². The van der Waals surface area contributed by atoms with Crippen LogP contribution in [0, 0.1) is 0 Å². The van der Waals surface area contributed by atoms with Crippen molar-refractivity contribution in [2.24, 2.45) is 0 Å². The van der Waals surface area contributed by atoms with Crippen molar-refractivity contribution in [3.05, 3.63) is 66.1 Å². The number of nitrogens with one attached hydrogen (secondary N) is 2. The van der Waals surface area contributed by atoms with Crippen LogP contribution >= 0.6 is 0 Å². The Kier molecular flexibility index (Phi) is 6.19. The van der Waals surface area contributed by atoms with Crippen LogP contribution in [-0.2, 0) is 10.9 Å². The lowest BCUT2D eigenvalue weighted by Gasteiger charge is -2.19. The molecule has 8 nitrogen and oxygen atoms in total. The van der Waals surface area contributed by atoms with Crippen LogP contribution in [0.5, 0.6) is 0 Å². The molecule has 0 aliphatic rings. The van der Waals surface area contributed by atoms with E-state index in [2.05, 4.69) is 20.7 Å². The summed E-state index contributed by atoms with van der Waals surface area (Å²) in [5.41, 5.74) is -0.974. The third kappa shape index (κ3) is 5.84. The van der Waals surface area contributed by atoms with Gasteiger partial charge in [-0.3, -0.25) is 15.1 Å². The zero-order valence-electron chi connectivity index (χ0n) is 17.4. The van der Waals surface area contributed by atoms with Crippen molar-refractivity contribution in [1.29, 1.82) is 0 Å². The molecule has 0 saturated carbocycles. The first-order chi connectivity index (χ1) is 14.9. The summed E-state index contributed by atoms with van der Waals surface area (Å²) in [6, 6.07) is 9.71. The number of rotatable bonds is 4. The van der Waals surface area contributed by atoms with Crippen LogP contribution in [0.2, 0.25) is 0 Å². The second-order valence-electron chi connectivity index (χ2n) is 7.69. The topological polar surface area (TPSA) is 98.1 Å². The Bertz CT molecular complexity index is 1100. The maximum atomic E-state index is 13.2. The number of anilines is 2. The van der Waals surface area contributed by atoms with Crippen molar-refractivity contribution >= 4 is 23.5 Å². The van der Waals surface area contributed by atoms with Gasteiger partial charge in [-0.1, -0.05) is 0 Å². The lowest BCUT2D eigenvalue weighted by Crippen LogP contribution is -2.27. The zero-order chi connectivity index (χ0) is 23.5. The van der Waals surface area contributed by atoms with E-state index in [-0.39, 0.29) is 17.4 Å². The lowest BCUT2D eigenvalue weighted by molar-refractivity contribution is -0.141. The van der Waals surface area contributed by atoms with E-state index in [1.807, 2.05) is 0 Å². The van der Waals surface area contributed by atoms with Crippen LogP contribution in [0.1, 0.15) is 36.8 Å².